The fourth-order valence-corrected chi connectivity index (χ4v) is 4.69. The zero-order valence-electron chi connectivity index (χ0n) is 21.5. The third-order valence-corrected chi connectivity index (χ3v) is 6.61. The lowest BCUT2D eigenvalue weighted by Gasteiger charge is -2.53. The number of hydrogen-bond donors (Lipinski definition) is 0. The van der Waals surface area contributed by atoms with E-state index in [0.717, 1.165) is 5.56 Å². The van der Waals surface area contributed by atoms with Crippen molar-refractivity contribution < 1.29 is 38.0 Å². The summed E-state index contributed by atoms with van der Waals surface area (Å²) in [5.41, 5.74) is 0.681. The van der Waals surface area contributed by atoms with E-state index in [1.165, 1.54) is 28.4 Å². The highest BCUT2D eigenvalue weighted by molar-refractivity contribution is 6.06. The van der Waals surface area contributed by atoms with Crippen LogP contribution in [0.1, 0.15) is 25.5 Å². The number of methoxy groups -OCH3 is 4. The second kappa shape index (κ2) is 10.1. The lowest BCUT2D eigenvalue weighted by Crippen LogP contribution is -2.61. The molecular formula is C26H32N2O8. The SMILES string of the molecule is COc1ccc([C@@H]2N(c3cc(OC)c(OC)c(OC)c3)C(=O)C2(C)C)cc1OC(=O)N1CCOCC1. The maximum Gasteiger partial charge on any atom is 0.415 e. The van der Waals surface area contributed by atoms with E-state index in [2.05, 4.69) is 0 Å². The first-order valence-electron chi connectivity index (χ1n) is 11.6. The van der Waals surface area contributed by atoms with Crippen LogP contribution in [-0.2, 0) is 9.53 Å². The van der Waals surface area contributed by atoms with Crippen molar-refractivity contribution in [2.45, 2.75) is 19.9 Å². The van der Waals surface area contributed by atoms with Crippen LogP contribution in [-0.4, -0.2) is 71.6 Å². The molecule has 0 aromatic heterocycles. The van der Waals surface area contributed by atoms with Gasteiger partial charge < -0.3 is 38.2 Å². The maximum absolute atomic E-state index is 13.3. The molecule has 0 saturated carbocycles. The van der Waals surface area contributed by atoms with Crippen molar-refractivity contribution in [2.24, 2.45) is 5.41 Å². The molecule has 10 nitrogen and oxygen atoms in total. The highest BCUT2D eigenvalue weighted by Gasteiger charge is 2.55. The van der Waals surface area contributed by atoms with Crippen molar-refractivity contribution in [3.8, 4) is 28.7 Å². The van der Waals surface area contributed by atoms with Gasteiger partial charge in [-0.1, -0.05) is 6.07 Å². The van der Waals surface area contributed by atoms with Crippen molar-refractivity contribution in [2.75, 3.05) is 59.6 Å². The molecular weight excluding hydrogens is 468 g/mol. The first kappa shape index (κ1) is 25.4. The predicted molar refractivity (Wildman–Crippen MR) is 132 cm³/mol. The van der Waals surface area contributed by atoms with Crippen molar-refractivity contribution >= 4 is 17.7 Å². The third-order valence-electron chi connectivity index (χ3n) is 6.61. The van der Waals surface area contributed by atoms with Gasteiger partial charge >= 0.3 is 6.09 Å². The van der Waals surface area contributed by atoms with E-state index < -0.39 is 11.5 Å². The average Bonchev–Trinajstić information content (AvgIpc) is 2.90. The first-order valence-corrected chi connectivity index (χ1v) is 11.6. The van der Waals surface area contributed by atoms with Crippen molar-refractivity contribution in [1.29, 1.82) is 0 Å². The third kappa shape index (κ3) is 4.37. The standard InChI is InChI=1S/C26H32N2O8/c1-26(2)23(28(24(26)29)17-14-20(32-4)22(34-6)21(15-17)33-5)16-7-8-18(31-3)19(13-16)36-25(30)27-9-11-35-12-10-27/h7-8,13-15,23H,9-12H2,1-6H3/t23-/m0/s1. The van der Waals surface area contributed by atoms with Gasteiger partial charge in [0.2, 0.25) is 11.7 Å². The molecule has 2 amide bonds. The van der Waals surface area contributed by atoms with Crippen molar-refractivity contribution in [3.05, 3.63) is 35.9 Å². The summed E-state index contributed by atoms with van der Waals surface area (Å²) in [5, 5.41) is 0. The van der Waals surface area contributed by atoms with E-state index in [-0.39, 0.29) is 17.7 Å². The first-order chi connectivity index (χ1) is 17.3. The molecule has 0 radical (unpaired) electrons. The summed E-state index contributed by atoms with van der Waals surface area (Å²) in [6.07, 6.45) is -0.473. The van der Waals surface area contributed by atoms with Gasteiger partial charge in [-0.3, -0.25) is 4.79 Å². The van der Waals surface area contributed by atoms with E-state index in [9.17, 15) is 9.59 Å². The Morgan fingerprint density at radius 1 is 0.889 bits per heavy atom. The number of ether oxygens (including phenoxy) is 6. The van der Waals surface area contributed by atoms with Gasteiger partial charge in [0.05, 0.1) is 58.8 Å². The number of amides is 2. The van der Waals surface area contributed by atoms with E-state index in [0.29, 0.717) is 55.0 Å². The Kier molecular flexibility index (Phi) is 7.16. The number of hydrogen-bond acceptors (Lipinski definition) is 8. The van der Waals surface area contributed by atoms with Crippen LogP contribution in [0.5, 0.6) is 28.7 Å². The number of β-lactam (4-membered cyclic amide) rings is 1. The maximum atomic E-state index is 13.3. The van der Waals surface area contributed by atoms with Crippen LogP contribution < -0.4 is 28.6 Å². The minimum Gasteiger partial charge on any atom is -0.493 e. The van der Waals surface area contributed by atoms with Crippen LogP contribution in [0.15, 0.2) is 30.3 Å². The Morgan fingerprint density at radius 2 is 1.50 bits per heavy atom. The summed E-state index contributed by atoms with van der Waals surface area (Å²) < 4.78 is 32.9. The fourth-order valence-electron chi connectivity index (χ4n) is 4.69. The summed E-state index contributed by atoms with van der Waals surface area (Å²) in [5.74, 6) is 1.96. The van der Waals surface area contributed by atoms with Crippen molar-refractivity contribution in [1.82, 2.24) is 4.90 Å². The highest BCUT2D eigenvalue weighted by atomic mass is 16.6. The van der Waals surface area contributed by atoms with Gasteiger partial charge in [-0.05, 0) is 31.5 Å². The Labute approximate surface area is 210 Å². The van der Waals surface area contributed by atoms with Gasteiger partial charge in [-0.2, -0.15) is 0 Å². The minimum absolute atomic E-state index is 0.0653. The number of morpholine rings is 1. The van der Waals surface area contributed by atoms with Crippen LogP contribution in [0.4, 0.5) is 10.5 Å². The normalized spacial score (nSPS) is 18.8. The number of nitrogens with zero attached hydrogens (tertiary/aromatic N) is 2. The van der Waals surface area contributed by atoms with Crippen LogP contribution in [0, 0.1) is 5.41 Å². The molecule has 4 rings (SSSR count). The highest BCUT2D eigenvalue weighted by Crippen LogP contribution is 2.54. The Morgan fingerprint density at radius 3 is 2.06 bits per heavy atom. The quantitative estimate of drug-likeness (QED) is 0.532. The molecule has 2 aromatic rings. The second-order valence-electron chi connectivity index (χ2n) is 9.06. The summed E-state index contributed by atoms with van der Waals surface area (Å²) in [7, 11) is 6.09. The topological polar surface area (TPSA) is 96.0 Å². The lowest BCUT2D eigenvalue weighted by molar-refractivity contribution is -0.137. The molecule has 0 aliphatic carbocycles. The summed E-state index contributed by atoms with van der Waals surface area (Å²) in [6, 6.07) is 8.49. The molecule has 0 N–H and O–H groups in total. The Balaban J connectivity index is 1.71. The summed E-state index contributed by atoms with van der Waals surface area (Å²) >= 11 is 0. The molecule has 2 fully saturated rings. The molecule has 0 spiro atoms. The number of benzene rings is 2. The Hall–Kier alpha value is -3.66. The molecule has 2 heterocycles. The number of carbonyl (C=O) groups excluding carboxylic acids is 2. The molecule has 2 aromatic carbocycles. The van der Waals surface area contributed by atoms with Crippen LogP contribution in [0.2, 0.25) is 0 Å². The zero-order chi connectivity index (χ0) is 26.0. The van der Waals surface area contributed by atoms with Gasteiger partial charge in [-0.15, -0.1) is 0 Å². The molecule has 2 aliphatic heterocycles. The van der Waals surface area contributed by atoms with Gasteiger partial charge in [0, 0.05) is 25.2 Å². The number of anilines is 1. The molecule has 0 bridgehead atoms. The molecule has 0 unspecified atom stereocenters. The lowest BCUT2D eigenvalue weighted by atomic mass is 9.70. The molecule has 10 heteroatoms. The zero-order valence-corrected chi connectivity index (χ0v) is 21.5. The smallest absolute Gasteiger partial charge is 0.415 e. The van der Waals surface area contributed by atoms with Gasteiger partial charge in [0.1, 0.15) is 0 Å². The van der Waals surface area contributed by atoms with Gasteiger partial charge in [0.25, 0.3) is 0 Å². The van der Waals surface area contributed by atoms with Crippen LogP contribution in [0.3, 0.4) is 0 Å². The fraction of sp³-hybridized carbons (Fsp3) is 0.462. The van der Waals surface area contributed by atoms with E-state index >= 15 is 0 Å². The van der Waals surface area contributed by atoms with Crippen molar-refractivity contribution in [3.63, 3.8) is 0 Å². The minimum atomic E-state index is -0.708. The average molecular weight is 501 g/mol. The molecule has 2 aliphatic rings. The van der Waals surface area contributed by atoms with E-state index in [4.69, 9.17) is 28.4 Å². The van der Waals surface area contributed by atoms with E-state index in [1.807, 2.05) is 19.9 Å². The number of carbonyl (C=O) groups is 2. The molecule has 2 saturated heterocycles. The van der Waals surface area contributed by atoms with Crippen LogP contribution in [0.25, 0.3) is 0 Å². The van der Waals surface area contributed by atoms with Gasteiger partial charge in [-0.25, -0.2) is 4.79 Å². The summed E-state index contributed by atoms with van der Waals surface area (Å²) in [6.45, 7) is 5.62. The summed E-state index contributed by atoms with van der Waals surface area (Å²) in [4.78, 5) is 29.3. The van der Waals surface area contributed by atoms with E-state index in [1.54, 1.807) is 34.1 Å². The Bertz CT molecular complexity index is 1120. The molecule has 36 heavy (non-hydrogen) atoms. The molecule has 194 valence electrons. The predicted octanol–water partition coefficient (Wildman–Crippen LogP) is 3.67. The molecule has 1 atom stereocenters. The monoisotopic (exact) mass is 500 g/mol. The number of rotatable bonds is 7. The van der Waals surface area contributed by atoms with Crippen LogP contribution >= 0.6 is 0 Å². The largest absolute Gasteiger partial charge is 0.493 e. The second-order valence-corrected chi connectivity index (χ2v) is 9.06. The van der Waals surface area contributed by atoms with Gasteiger partial charge in [0.15, 0.2) is 23.0 Å².